The van der Waals surface area contributed by atoms with Gasteiger partial charge in [0.1, 0.15) is 11.6 Å². The molecule has 0 aromatic heterocycles. The Balaban J connectivity index is 2.28. The molecule has 100 valence electrons. The van der Waals surface area contributed by atoms with Gasteiger partial charge in [0, 0.05) is 5.56 Å². The summed E-state index contributed by atoms with van der Waals surface area (Å²) in [5.41, 5.74) is 0.515. The van der Waals surface area contributed by atoms with Crippen LogP contribution in [0, 0.1) is 11.7 Å². The Morgan fingerprint density at radius 3 is 2.78 bits per heavy atom. The van der Waals surface area contributed by atoms with Crippen molar-refractivity contribution in [3.8, 4) is 5.75 Å². The van der Waals surface area contributed by atoms with E-state index >= 15 is 0 Å². The SMILES string of the molecule is COc1ccc(F)cc1C(Cl)C1CCS(=O)(=O)C1. The van der Waals surface area contributed by atoms with Crippen LogP contribution in [0.5, 0.6) is 5.75 Å². The first kappa shape index (κ1) is 13.6. The molecule has 6 heteroatoms. The quantitative estimate of drug-likeness (QED) is 0.804. The second kappa shape index (κ2) is 5.05. The van der Waals surface area contributed by atoms with Gasteiger partial charge in [0.25, 0.3) is 0 Å². The van der Waals surface area contributed by atoms with E-state index in [1.54, 1.807) is 0 Å². The Kier molecular flexibility index (Phi) is 3.82. The molecule has 1 aliphatic heterocycles. The van der Waals surface area contributed by atoms with Crippen LogP contribution < -0.4 is 4.74 Å². The van der Waals surface area contributed by atoms with Gasteiger partial charge in [0.2, 0.25) is 0 Å². The summed E-state index contributed by atoms with van der Waals surface area (Å²) in [6, 6.07) is 4.10. The topological polar surface area (TPSA) is 43.4 Å². The van der Waals surface area contributed by atoms with Crippen LogP contribution in [0.4, 0.5) is 4.39 Å². The summed E-state index contributed by atoms with van der Waals surface area (Å²) in [5, 5.41) is -0.548. The molecule has 0 spiro atoms. The van der Waals surface area contributed by atoms with Crippen molar-refractivity contribution in [2.24, 2.45) is 5.92 Å². The molecular weight excluding hydrogens is 279 g/mol. The zero-order valence-electron chi connectivity index (χ0n) is 9.90. The van der Waals surface area contributed by atoms with Gasteiger partial charge in [-0.3, -0.25) is 0 Å². The molecule has 0 saturated carbocycles. The van der Waals surface area contributed by atoms with E-state index < -0.39 is 21.0 Å². The van der Waals surface area contributed by atoms with Crippen LogP contribution >= 0.6 is 11.6 Å². The number of hydrogen-bond acceptors (Lipinski definition) is 3. The zero-order chi connectivity index (χ0) is 13.3. The number of hydrogen-bond donors (Lipinski definition) is 0. The van der Waals surface area contributed by atoms with Crippen molar-refractivity contribution in [2.75, 3.05) is 18.6 Å². The van der Waals surface area contributed by atoms with E-state index in [1.165, 1.54) is 25.3 Å². The maximum absolute atomic E-state index is 13.3. The average Bonchev–Trinajstić information content (AvgIpc) is 2.68. The largest absolute Gasteiger partial charge is 0.496 e. The van der Waals surface area contributed by atoms with Crippen LogP contribution in [-0.2, 0) is 9.84 Å². The minimum Gasteiger partial charge on any atom is -0.496 e. The summed E-state index contributed by atoms with van der Waals surface area (Å²) in [6.07, 6.45) is 0.510. The highest BCUT2D eigenvalue weighted by Gasteiger charge is 2.34. The number of benzene rings is 1. The Bertz CT molecular complexity index is 544. The molecule has 18 heavy (non-hydrogen) atoms. The first-order chi connectivity index (χ1) is 8.43. The number of rotatable bonds is 3. The minimum atomic E-state index is -3.00. The van der Waals surface area contributed by atoms with Crippen molar-refractivity contribution in [2.45, 2.75) is 11.8 Å². The van der Waals surface area contributed by atoms with Gasteiger partial charge in [0.05, 0.1) is 24.0 Å². The van der Waals surface area contributed by atoms with Gasteiger partial charge in [-0.25, -0.2) is 12.8 Å². The molecule has 1 aliphatic rings. The molecule has 2 rings (SSSR count). The molecule has 2 unspecified atom stereocenters. The third-order valence-corrected chi connectivity index (χ3v) is 5.56. The number of halogens is 2. The average molecular weight is 293 g/mol. The monoisotopic (exact) mass is 292 g/mol. The molecule has 1 aromatic rings. The lowest BCUT2D eigenvalue weighted by Gasteiger charge is -2.18. The van der Waals surface area contributed by atoms with Gasteiger partial charge in [-0.05, 0) is 30.5 Å². The van der Waals surface area contributed by atoms with E-state index in [1.807, 2.05) is 0 Å². The Labute approximate surface area is 111 Å². The summed E-state index contributed by atoms with van der Waals surface area (Å²) in [6.45, 7) is 0. The smallest absolute Gasteiger partial charge is 0.150 e. The maximum atomic E-state index is 13.3. The van der Waals surface area contributed by atoms with E-state index in [0.717, 1.165) is 0 Å². The molecule has 2 atom stereocenters. The molecule has 0 bridgehead atoms. The zero-order valence-corrected chi connectivity index (χ0v) is 11.5. The van der Waals surface area contributed by atoms with Gasteiger partial charge >= 0.3 is 0 Å². The van der Waals surface area contributed by atoms with E-state index in [2.05, 4.69) is 0 Å². The molecule has 1 saturated heterocycles. The minimum absolute atomic E-state index is 0.0564. The van der Waals surface area contributed by atoms with E-state index in [4.69, 9.17) is 16.3 Å². The third kappa shape index (κ3) is 2.78. The maximum Gasteiger partial charge on any atom is 0.150 e. The molecule has 3 nitrogen and oxygen atoms in total. The van der Waals surface area contributed by atoms with Crippen molar-refractivity contribution >= 4 is 21.4 Å². The molecule has 1 heterocycles. The van der Waals surface area contributed by atoms with Crippen LogP contribution in [0.1, 0.15) is 17.4 Å². The summed E-state index contributed by atoms with van der Waals surface area (Å²) in [4.78, 5) is 0. The Morgan fingerprint density at radius 1 is 1.50 bits per heavy atom. The fourth-order valence-electron chi connectivity index (χ4n) is 2.23. The second-order valence-corrected chi connectivity index (χ2v) is 7.15. The fourth-order valence-corrected chi connectivity index (χ4v) is 4.56. The van der Waals surface area contributed by atoms with Crippen molar-refractivity contribution < 1.29 is 17.5 Å². The lowest BCUT2D eigenvalue weighted by molar-refractivity contribution is 0.403. The highest BCUT2D eigenvalue weighted by Crippen LogP contribution is 2.40. The highest BCUT2D eigenvalue weighted by molar-refractivity contribution is 7.91. The van der Waals surface area contributed by atoms with E-state index in [-0.39, 0.29) is 17.4 Å². The number of sulfone groups is 1. The molecule has 0 radical (unpaired) electrons. The lowest BCUT2D eigenvalue weighted by atomic mass is 9.97. The van der Waals surface area contributed by atoms with E-state index in [9.17, 15) is 12.8 Å². The van der Waals surface area contributed by atoms with Gasteiger partial charge in [0.15, 0.2) is 9.84 Å². The van der Waals surface area contributed by atoms with Crippen LogP contribution in [0.2, 0.25) is 0 Å². The van der Waals surface area contributed by atoms with Crippen molar-refractivity contribution in [1.29, 1.82) is 0 Å². The predicted molar refractivity (Wildman–Crippen MR) is 68.3 cm³/mol. The third-order valence-electron chi connectivity index (χ3n) is 3.17. The first-order valence-electron chi connectivity index (χ1n) is 5.61. The number of methoxy groups -OCH3 is 1. The van der Waals surface area contributed by atoms with Crippen molar-refractivity contribution in [1.82, 2.24) is 0 Å². The number of ether oxygens (including phenoxy) is 1. The van der Waals surface area contributed by atoms with E-state index in [0.29, 0.717) is 17.7 Å². The van der Waals surface area contributed by atoms with Crippen molar-refractivity contribution in [3.63, 3.8) is 0 Å². The summed E-state index contributed by atoms with van der Waals surface area (Å²) in [5.74, 6) is 0.102. The van der Waals surface area contributed by atoms with Gasteiger partial charge in [-0.1, -0.05) is 0 Å². The lowest BCUT2D eigenvalue weighted by Crippen LogP contribution is -2.11. The van der Waals surface area contributed by atoms with Gasteiger partial charge in [-0.15, -0.1) is 11.6 Å². The molecule has 0 aliphatic carbocycles. The molecular formula is C12H14ClFO3S. The first-order valence-corrected chi connectivity index (χ1v) is 7.86. The summed E-state index contributed by atoms with van der Waals surface area (Å²) in [7, 11) is -1.52. The Hall–Kier alpha value is -0.810. The van der Waals surface area contributed by atoms with Crippen LogP contribution in [0.15, 0.2) is 18.2 Å². The molecule has 1 fully saturated rings. The van der Waals surface area contributed by atoms with Crippen LogP contribution in [0.25, 0.3) is 0 Å². The summed E-state index contributed by atoms with van der Waals surface area (Å²) >= 11 is 6.28. The fraction of sp³-hybridized carbons (Fsp3) is 0.500. The standard InChI is InChI=1S/C12H14ClFO3S/c1-17-11-3-2-9(14)6-10(11)12(13)8-4-5-18(15,16)7-8/h2-3,6,8,12H,4-5,7H2,1H3. The predicted octanol–water partition coefficient (Wildman–Crippen LogP) is 2.55. The molecule has 0 amide bonds. The van der Waals surface area contributed by atoms with Gasteiger partial charge in [-0.2, -0.15) is 0 Å². The molecule has 1 aromatic carbocycles. The normalized spacial score (nSPS) is 23.8. The number of alkyl halides is 1. The Morgan fingerprint density at radius 2 is 2.22 bits per heavy atom. The van der Waals surface area contributed by atoms with Crippen LogP contribution in [0.3, 0.4) is 0 Å². The summed E-state index contributed by atoms with van der Waals surface area (Å²) < 4.78 is 41.3. The van der Waals surface area contributed by atoms with Crippen LogP contribution in [-0.4, -0.2) is 27.0 Å². The highest BCUT2D eigenvalue weighted by atomic mass is 35.5. The molecule has 0 N–H and O–H groups in total. The van der Waals surface area contributed by atoms with Gasteiger partial charge < -0.3 is 4.74 Å². The van der Waals surface area contributed by atoms with Crippen molar-refractivity contribution in [3.05, 3.63) is 29.6 Å². The second-order valence-electron chi connectivity index (χ2n) is 4.45.